The molecule has 0 N–H and O–H groups in total. The largest absolute Gasteiger partial charge is 0.458 e. The van der Waals surface area contributed by atoms with Gasteiger partial charge in [0.1, 0.15) is 5.76 Å². The summed E-state index contributed by atoms with van der Waals surface area (Å²) in [5, 5.41) is 0. The second kappa shape index (κ2) is 5.61. The SMILES string of the molecule is CCOC1(OC2=CCC=C2)CC=C(C)C=C1C(C)(C)C. The second-order valence-corrected chi connectivity index (χ2v) is 6.49. The van der Waals surface area contributed by atoms with E-state index in [4.69, 9.17) is 9.47 Å². The molecule has 2 aliphatic carbocycles. The summed E-state index contributed by atoms with van der Waals surface area (Å²) < 4.78 is 12.4. The molecule has 0 aromatic rings. The van der Waals surface area contributed by atoms with Gasteiger partial charge in [-0.25, -0.2) is 0 Å². The minimum Gasteiger partial charge on any atom is -0.458 e. The van der Waals surface area contributed by atoms with Crippen molar-refractivity contribution in [2.75, 3.05) is 6.61 Å². The van der Waals surface area contributed by atoms with Crippen molar-refractivity contribution >= 4 is 0 Å². The molecule has 0 spiro atoms. The molecular weight excluding hydrogens is 248 g/mol. The van der Waals surface area contributed by atoms with Crippen molar-refractivity contribution in [1.29, 1.82) is 0 Å². The molecule has 0 aromatic heterocycles. The summed E-state index contributed by atoms with van der Waals surface area (Å²) in [7, 11) is 0. The Kier molecular flexibility index (Phi) is 4.24. The van der Waals surface area contributed by atoms with Gasteiger partial charge >= 0.3 is 0 Å². The lowest BCUT2D eigenvalue weighted by atomic mass is 9.76. The molecule has 0 aliphatic heterocycles. The van der Waals surface area contributed by atoms with Crippen LogP contribution in [0.1, 0.15) is 47.5 Å². The molecule has 0 fully saturated rings. The molecular formula is C18H26O2. The molecule has 1 atom stereocenters. The molecule has 2 heteroatoms. The Hall–Kier alpha value is -1.28. The van der Waals surface area contributed by atoms with E-state index in [2.05, 4.69) is 52.0 Å². The van der Waals surface area contributed by atoms with Crippen LogP contribution in [0, 0.1) is 5.41 Å². The first-order valence-electron chi connectivity index (χ1n) is 7.46. The van der Waals surface area contributed by atoms with Crippen LogP contribution >= 0.6 is 0 Å². The van der Waals surface area contributed by atoms with E-state index in [0.717, 1.165) is 18.6 Å². The van der Waals surface area contributed by atoms with Crippen LogP contribution in [-0.4, -0.2) is 12.4 Å². The molecule has 0 radical (unpaired) electrons. The highest BCUT2D eigenvalue weighted by Gasteiger charge is 2.44. The zero-order valence-corrected chi connectivity index (χ0v) is 13.3. The minimum absolute atomic E-state index is 0.00751. The Balaban J connectivity index is 2.39. The van der Waals surface area contributed by atoms with Crippen molar-refractivity contribution in [2.45, 2.75) is 53.2 Å². The quantitative estimate of drug-likeness (QED) is 0.679. The van der Waals surface area contributed by atoms with Gasteiger partial charge in [0.2, 0.25) is 5.79 Å². The van der Waals surface area contributed by atoms with Crippen LogP contribution in [0.4, 0.5) is 0 Å². The normalized spacial score (nSPS) is 26.1. The first-order valence-corrected chi connectivity index (χ1v) is 7.46. The third-order valence-electron chi connectivity index (χ3n) is 3.68. The Bertz CT molecular complexity index is 486. The van der Waals surface area contributed by atoms with E-state index in [1.807, 2.05) is 13.0 Å². The lowest BCUT2D eigenvalue weighted by Gasteiger charge is -2.42. The molecule has 0 saturated heterocycles. The third kappa shape index (κ3) is 3.06. The highest BCUT2D eigenvalue weighted by molar-refractivity contribution is 5.36. The van der Waals surface area contributed by atoms with Gasteiger partial charge in [0.05, 0.1) is 0 Å². The van der Waals surface area contributed by atoms with E-state index in [9.17, 15) is 0 Å². The zero-order chi connectivity index (χ0) is 14.8. The number of allylic oxidation sites excluding steroid dienone is 5. The summed E-state index contributed by atoms with van der Waals surface area (Å²) in [4.78, 5) is 0. The summed E-state index contributed by atoms with van der Waals surface area (Å²) >= 11 is 0. The maximum Gasteiger partial charge on any atom is 0.237 e. The van der Waals surface area contributed by atoms with E-state index in [0.29, 0.717) is 6.61 Å². The van der Waals surface area contributed by atoms with Crippen molar-refractivity contribution in [3.63, 3.8) is 0 Å². The van der Waals surface area contributed by atoms with Crippen molar-refractivity contribution in [3.05, 3.63) is 47.3 Å². The van der Waals surface area contributed by atoms with E-state index in [1.165, 1.54) is 11.1 Å². The lowest BCUT2D eigenvalue weighted by Crippen LogP contribution is -2.43. The van der Waals surface area contributed by atoms with Crippen LogP contribution < -0.4 is 0 Å². The fraction of sp³-hybridized carbons (Fsp3) is 0.556. The van der Waals surface area contributed by atoms with Gasteiger partial charge < -0.3 is 9.47 Å². The van der Waals surface area contributed by atoms with Gasteiger partial charge in [-0.15, -0.1) is 0 Å². The van der Waals surface area contributed by atoms with Crippen molar-refractivity contribution in [1.82, 2.24) is 0 Å². The summed E-state index contributed by atoms with van der Waals surface area (Å²) in [6.45, 7) is 11.4. The van der Waals surface area contributed by atoms with Crippen molar-refractivity contribution in [2.24, 2.45) is 5.41 Å². The van der Waals surface area contributed by atoms with Gasteiger partial charge in [-0.05, 0) is 37.8 Å². The summed E-state index contributed by atoms with van der Waals surface area (Å²) in [6, 6.07) is 0. The van der Waals surface area contributed by atoms with Crippen molar-refractivity contribution in [3.8, 4) is 0 Å². The first kappa shape index (κ1) is 15.1. The monoisotopic (exact) mass is 274 g/mol. The molecule has 0 bridgehead atoms. The van der Waals surface area contributed by atoms with Crippen LogP contribution in [0.15, 0.2) is 47.3 Å². The lowest BCUT2D eigenvalue weighted by molar-refractivity contribution is -0.189. The van der Waals surface area contributed by atoms with Gasteiger partial charge in [0.25, 0.3) is 0 Å². The molecule has 110 valence electrons. The number of hydrogen-bond acceptors (Lipinski definition) is 2. The van der Waals surface area contributed by atoms with Crippen LogP contribution in [0.25, 0.3) is 0 Å². The topological polar surface area (TPSA) is 18.5 Å². The average molecular weight is 274 g/mol. The fourth-order valence-electron chi connectivity index (χ4n) is 2.79. The van der Waals surface area contributed by atoms with Gasteiger partial charge in [0, 0.05) is 18.6 Å². The Morgan fingerprint density at radius 3 is 2.55 bits per heavy atom. The van der Waals surface area contributed by atoms with E-state index < -0.39 is 5.79 Å². The second-order valence-electron chi connectivity index (χ2n) is 6.49. The molecule has 20 heavy (non-hydrogen) atoms. The fourth-order valence-corrected chi connectivity index (χ4v) is 2.79. The predicted molar refractivity (Wildman–Crippen MR) is 83.2 cm³/mol. The molecule has 0 aromatic carbocycles. The number of rotatable bonds is 4. The Morgan fingerprint density at radius 1 is 1.25 bits per heavy atom. The number of ether oxygens (including phenoxy) is 2. The molecule has 2 aliphatic rings. The minimum atomic E-state index is -0.660. The summed E-state index contributed by atoms with van der Waals surface area (Å²) in [5.41, 5.74) is 2.51. The van der Waals surface area contributed by atoms with Crippen molar-refractivity contribution < 1.29 is 9.47 Å². The van der Waals surface area contributed by atoms with Crippen LogP contribution in [0.5, 0.6) is 0 Å². The molecule has 0 amide bonds. The Morgan fingerprint density at radius 2 is 2.00 bits per heavy atom. The molecule has 0 saturated carbocycles. The molecule has 2 rings (SSSR count). The highest BCUT2D eigenvalue weighted by Crippen LogP contribution is 2.44. The first-order chi connectivity index (χ1) is 9.37. The maximum absolute atomic E-state index is 6.31. The van der Waals surface area contributed by atoms with Gasteiger partial charge in [0.15, 0.2) is 0 Å². The average Bonchev–Trinajstić information content (AvgIpc) is 2.84. The van der Waals surface area contributed by atoms with Gasteiger partial charge in [-0.2, -0.15) is 0 Å². The van der Waals surface area contributed by atoms with E-state index in [1.54, 1.807) is 0 Å². The van der Waals surface area contributed by atoms with E-state index in [-0.39, 0.29) is 5.41 Å². The summed E-state index contributed by atoms with van der Waals surface area (Å²) in [5.74, 6) is 0.258. The molecule has 2 nitrogen and oxygen atoms in total. The maximum atomic E-state index is 6.31. The molecule has 0 heterocycles. The highest BCUT2D eigenvalue weighted by atomic mass is 16.7. The smallest absolute Gasteiger partial charge is 0.237 e. The zero-order valence-electron chi connectivity index (χ0n) is 13.3. The predicted octanol–water partition coefficient (Wildman–Crippen LogP) is 4.90. The van der Waals surface area contributed by atoms with Crippen LogP contribution in [0.3, 0.4) is 0 Å². The van der Waals surface area contributed by atoms with Crippen LogP contribution in [-0.2, 0) is 9.47 Å². The van der Waals surface area contributed by atoms with Crippen LogP contribution in [0.2, 0.25) is 0 Å². The van der Waals surface area contributed by atoms with E-state index >= 15 is 0 Å². The third-order valence-corrected chi connectivity index (χ3v) is 3.68. The molecule has 1 unspecified atom stereocenters. The standard InChI is InChI=1S/C18H26O2/c1-6-19-18(20-15-9-7-8-10-15)12-11-14(2)13-16(18)17(3,4)5/h7,9-11,13H,6,8,12H2,1-5H3. The van der Waals surface area contributed by atoms with Gasteiger partial charge in [-0.3, -0.25) is 0 Å². The number of hydrogen-bond donors (Lipinski definition) is 0. The Labute approximate surface area is 122 Å². The van der Waals surface area contributed by atoms with Gasteiger partial charge in [-0.1, -0.05) is 44.6 Å². The summed E-state index contributed by atoms with van der Waals surface area (Å²) in [6.07, 6.45) is 12.4.